The van der Waals surface area contributed by atoms with Crippen LogP contribution in [0.25, 0.3) is 0 Å². The van der Waals surface area contributed by atoms with Crippen molar-refractivity contribution in [3.05, 3.63) is 29.6 Å². The molecule has 3 radical (unpaired) electrons. The molecule has 0 spiro atoms. The fourth-order valence-corrected chi connectivity index (χ4v) is 0.541. The summed E-state index contributed by atoms with van der Waals surface area (Å²) < 4.78 is 36.5. The Morgan fingerprint density at radius 2 is 1.60 bits per heavy atom. The minimum absolute atomic E-state index is 0.390. The van der Waals surface area contributed by atoms with E-state index < -0.39 is 17.5 Å². The zero-order valence-electron chi connectivity index (χ0n) is 4.87. The average molecular weight is 142 g/mol. The molecule has 0 N–H and O–H groups in total. The normalized spacial score (nSPS) is 10.0. The molecule has 0 aromatic heterocycles. The Morgan fingerprint density at radius 1 is 1.00 bits per heavy atom. The van der Waals surface area contributed by atoms with Gasteiger partial charge in [0, 0.05) is 0 Å². The van der Waals surface area contributed by atoms with Gasteiger partial charge in [0.2, 0.25) is 0 Å². The summed E-state index contributed by atoms with van der Waals surface area (Å²) in [6, 6.07) is 1.74. The molecule has 1 aromatic carbocycles. The average Bonchev–Trinajstić information content (AvgIpc) is 1.93. The number of rotatable bonds is 0. The standard InChI is InChI=1S/C6H2BF3/c7-3-1-2-4(8)6(10)5(3)9/h1-2H/q-1. The fraction of sp³-hybridized carbons (Fsp3) is 0. The Balaban J connectivity index is 3.34. The molecule has 0 saturated heterocycles. The van der Waals surface area contributed by atoms with Gasteiger partial charge in [-0.2, -0.15) is 0 Å². The molecule has 0 heterocycles. The number of hydrogen-bond donors (Lipinski definition) is 0. The number of benzene rings is 1. The number of hydrogen-bond acceptors (Lipinski definition) is 0. The first-order valence-electron chi connectivity index (χ1n) is 2.52. The molecule has 0 saturated carbocycles. The van der Waals surface area contributed by atoms with Gasteiger partial charge in [0.25, 0.3) is 0 Å². The number of halogens is 3. The van der Waals surface area contributed by atoms with Crippen molar-refractivity contribution in [1.82, 2.24) is 0 Å². The maximum absolute atomic E-state index is 12.3. The second-order valence-corrected chi connectivity index (χ2v) is 1.76. The lowest BCUT2D eigenvalue weighted by atomic mass is 9.95. The van der Waals surface area contributed by atoms with Crippen LogP contribution in [0.1, 0.15) is 0 Å². The predicted octanol–water partition coefficient (Wildman–Crippen LogP) is 0.898. The Labute approximate surface area is 57.1 Å². The van der Waals surface area contributed by atoms with E-state index >= 15 is 0 Å². The second-order valence-electron chi connectivity index (χ2n) is 1.76. The minimum atomic E-state index is -1.53. The Morgan fingerprint density at radius 3 is 2.10 bits per heavy atom. The lowest BCUT2D eigenvalue weighted by Crippen LogP contribution is -2.11. The van der Waals surface area contributed by atoms with E-state index in [1.807, 2.05) is 0 Å². The third-order valence-electron chi connectivity index (χ3n) is 1.07. The maximum atomic E-state index is 12.3. The lowest BCUT2D eigenvalue weighted by molar-refractivity contribution is 0.451. The van der Waals surface area contributed by atoms with Crippen LogP contribution in [-0.4, -0.2) is 7.85 Å². The van der Waals surface area contributed by atoms with Crippen LogP contribution in [0.3, 0.4) is 0 Å². The van der Waals surface area contributed by atoms with Gasteiger partial charge in [-0.3, -0.25) is 5.46 Å². The highest BCUT2D eigenvalue weighted by atomic mass is 19.2. The lowest BCUT2D eigenvalue weighted by Gasteiger charge is -2.08. The van der Waals surface area contributed by atoms with Crippen LogP contribution in [0.4, 0.5) is 13.2 Å². The Hall–Kier alpha value is -0.925. The quantitative estimate of drug-likeness (QED) is 0.372. The van der Waals surface area contributed by atoms with Gasteiger partial charge in [-0.05, 0) is 6.07 Å². The molecular formula is C6H2BF3-. The van der Waals surface area contributed by atoms with Gasteiger partial charge < -0.3 is 7.85 Å². The summed E-state index contributed by atoms with van der Waals surface area (Å²) in [5.41, 5.74) is -0.390. The fourth-order valence-electron chi connectivity index (χ4n) is 0.541. The molecule has 0 aliphatic rings. The van der Waals surface area contributed by atoms with Crippen molar-refractivity contribution in [2.45, 2.75) is 0 Å². The summed E-state index contributed by atoms with van der Waals surface area (Å²) in [6.45, 7) is 0. The molecule has 10 heavy (non-hydrogen) atoms. The molecule has 51 valence electrons. The van der Waals surface area contributed by atoms with Crippen LogP contribution in [0.2, 0.25) is 0 Å². The molecule has 0 aliphatic carbocycles. The molecule has 0 bridgehead atoms. The van der Waals surface area contributed by atoms with Crippen molar-refractivity contribution < 1.29 is 13.2 Å². The van der Waals surface area contributed by atoms with E-state index in [0.29, 0.717) is 0 Å². The van der Waals surface area contributed by atoms with Gasteiger partial charge in [0.15, 0.2) is 11.6 Å². The van der Waals surface area contributed by atoms with Crippen molar-refractivity contribution in [2.75, 3.05) is 0 Å². The Kier molecular flexibility index (Phi) is 1.70. The zero-order valence-corrected chi connectivity index (χ0v) is 4.87. The monoisotopic (exact) mass is 142 g/mol. The van der Waals surface area contributed by atoms with Gasteiger partial charge in [-0.1, -0.05) is 0 Å². The summed E-state index contributed by atoms with van der Waals surface area (Å²) in [5, 5.41) is 0. The highest BCUT2D eigenvalue weighted by Gasteiger charge is 2.04. The summed E-state index contributed by atoms with van der Waals surface area (Å²) in [7, 11) is 4.91. The molecule has 0 fully saturated rings. The van der Waals surface area contributed by atoms with Crippen molar-refractivity contribution in [3.8, 4) is 0 Å². The third-order valence-corrected chi connectivity index (χ3v) is 1.07. The highest BCUT2D eigenvalue weighted by Crippen LogP contribution is 2.05. The first-order valence-corrected chi connectivity index (χ1v) is 2.52. The van der Waals surface area contributed by atoms with Crippen molar-refractivity contribution >= 4 is 13.3 Å². The van der Waals surface area contributed by atoms with E-state index in [-0.39, 0.29) is 5.46 Å². The van der Waals surface area contributed by atoms with Gasteiger partial charge in [-0.25, -0.2) is 13.2 Å². The largest absolute Gasteiger partial charge is 0.576 e. The molecule has 1 rings (SSSR count). The van der Waals surface area contributed by atoms with Gasteiger partial charge in [0.1, 0.15) is 5.82 Å². The maximum Gasteiger partial charge on any atom is 0.190 e. The van der Waals surface area contributed by atoms with E-state index in [1.54, 1.807) is 0 Å². The van der Waals surface area contributed by atoms with Crippen LogP contribution in [-0.2, 0) is 0 Å². The first-order chi connectivity index (χ1) is 4.63. The molecule has 0 aliphatic heterocycles. The summed E-state index contributed by atoms with van der Waals surface area (Å²) >= 11 is 0. The van der Waals surface area contributed by atoms with Crippen molar-refractivity contribution in [3.63, 3.8) is 0 Å². The van der Waals surface area contributed by atoms with Crippen LogP contribution in [0.15, 0.2) is 12.1 Å². The van der Waals surface area contributed by atoms with E-state index in [4.69, 9.17) is 7.85 Å². The smallest absolute Gasteiger partial charge is 0.190 e. The molecule has 0 atom stereocenters. The van der Waals surface area contributed by atoms with Crippen molar-refractivity contribution in [1.29, 1.82) is 0 Å². The Bertz CT molecular complexity index is 232. The summed E-state index contributed by atoms with van der Waals surface area (Å²) in [4.78, 5) is 0. The van der Waals surface area contributed by atoms with Crippen LogP contribution in [0, 0.1) is 17.5 Å². The van der Waals surface area contributed by atoms with Gasteiger partial charge in [-0.15, -0.1) is 6.07 Å². The first kappa shape index (κ1) is 7.19. The third kappa shape index (κ3) is 1.01. The van der Waals surface area contributed by atoms with Gasteiger partial charge >= 0.3 is 0 Å². The predicted molar refractivity (Wildman–Crippen MR) is 31.7 cm³/mol. The van der Waals surface area contributed by atoms with E-state index in [0.717, 1.165) is 12.1 Å². The van der Waals surface area contributed by atoms with E-state index in [2.05, 4.69) is 0 Å². The second kappa shape index (κ2) is 2.36. The van der Waals surface area contributed by atoms with Crippen molar-refractivity contribution in [2.24, 2.45) is 0 Å². The van der Waals surface area contributed by atoms with E-state index in [9.17, 15) is 13.2 Å². The SMILES string of the molecule is [B-]c1ccc(F)c(F)c1F. The molecular weight excluding hydrogens is 140 g/mol. The summed E-state index contributed by atoms with van der Waals surface area (Å²) in [5.74, 6) is -4.09. The van der Waals surface area contributed by atoms with Crippen LogP contribution < -0.4 is 5.46 Å². The minimum Gasteiger partial charge on any atom is -0.576 e. The molecule has 4 heteroatoms. The summed E-state index contributed by atoms with van der Waals surface area (Å²) in [6.07, 6.45) is 0. The molecule has 1 aromatic rings. The highest BCUT2D eigenvalue weighted by molar-refractivity contribution is 6.32. The molecule has 0 nitrogen and oxygen atoms in total. The van der Waals surface area contributed by atoms with Gasteiger partial charge in [0.05, 0.1) is 0 Å². The topological polar surface area (TPSA) is 0 Å². The molecule has 0 unspecified atom stereocenters. The molecule has 0 amide bonds. The van der Waals surface area contributed by atoms with Crippen LogP contribution >= 0.6 is 0 Å². The zero-order chi connectivity index (χ0) is 7.72. The van der Waals surface area contributed by atoms with E-state index in [1.165, 1.54) is 0 Å². The van der Waals surface area contributed by atoms with Crippen LogP contribution in [0.5, 0.6) is 0 Å².